The van der Waals surface area contributed by atoms with Gasteiger partial charge in [-0.05, 0) is 26.0 Å². The molecule has 3 heteroatoms. The summed E-state index contributed by atoms with van der Waals surface area (Å²) in [4.78, 5) is 0. The van der Waals surface area contributed by atoms with Crippen LogP contribution in [0.2, 0.25) is 0 Å². The van der Waals surface area contributed by atoms with Crippen molar-refractivity contribution in [3.63, 3.8) is 0 Å². The zero-order chi connectivity index (χ0) is 13.5. The van der Waals surface area contributed by atoms with E-state index in [1.54, 1.807) is 0 Å². The maximum Gasteiger partial charge on any atom is 0.0841 e. The lowest BCUT2D eigenvalue weighted by atomic mass is 10.2. The number of benzene rings is 1. The summed E-state index contributed by atoms with van der Waals surface area (Å²) in [6.07, 6.45) is 1.99. The van der Waals surface area contributed by atoms with E-state index in [-0.39, 0.29) is 0 Å². The van der Waals surface area contributed by atoms with Gasteiger partial charge in [0.15, 0.2) is 0 Å². The van der Waals surface area contributed by atoms with Gasteiger partial charge < -0.3 is 5.32 Å². The summed E-state index contributed by atoms with van der Waals surface area (Å²) >= 11 is 0. The first-order valence-corrected chi connectivity index (χ1v) is 6.91. The summed E-state index contributed by atoms with van der Waals surface area (Å²) < 4.78 is 2.07. The monoisotopic (exact) mass is 255 g/mol. The molecule has 0 saturated carbocycles. The number of nitrogens with one attached hydrogen (secondary N) is 1. The highest BCUT2D eigenvalue weighted by Crippen LogP contribution is 2.18. The zero-order valence-electron chi connectivity index (χ0n) is 11.7. The van der Waals surface area contributed by atoms with E-state index in [2.05, 4.69) is 53.0 Å². The van der Waals surface area contributed by atoms with Crippen molar-refractivity contribution in [1.29, 1.82) is 0 Å². The molecule has 1 heterocycles. The van der Waals surface area contributed by atoms with Gasteiger partial charge >= 0.3 is 0 Å². The summed E-state index contributed by atoms with van der Waals surface area (Å²) in [5.41, 5.74) is 2.34. The third-order valence-electron chi connectivity index (χ3n) is 3.08. The zero-order valence-corrected chi connectivity index (χ0v) is 11.7. The standard InChI is InChI=1S/C16H21N3/c1-3-5-8-12-19-16-10-7-6-9-14(16)15(18-19)13-17-11-4-2/h6-7,9-10,17H,4,8,11-13H2,1-2H3. The first kappa shape index (κ1) is 13.6. The highest BCUT2D eigenvalue weighted by molar-refractivity contribution is 5.81. The molecule has 2 aromatic rings. The van der Waals surface area contributed by atoms with Crippen molar-refractivity contribution in [3.8, 4) is 11.8 Å². The number of para-hydroxylation sites is 1. The van der Waals surface area contributed by atoms with Crippen molar-refractivity contribution in [2.75, 3.05) is 6.54 Å². The summed E-state index contributed by atoms with van der Waals surface area (Å²) in [6.45, 7) is 6.77. The third-order valence-corrected chi connectivity index (χ3v) is 3.08. The van der Waals surface area contributed by atoms with E-state index in [9.17, 15) is 0 Å². The first-order chi connectivity index (χ1) is 9.36. The number of aryl methyl sites for hydroxylation is 1. The molecule has 1 N–H and O–H groups in total. The molecule has 2 rings (SSSR count). The fourth-order valence-corrected chi connectivity index (χ4v) is 2.17. The molecule has 0 amide bonds. The molecule has 0 aliphatic rings. The Morgan fingerprint density at radius 3 is 2.95 bits per heavy atom. The van der Waals surface area contributed by atoms with Crippen LogP contribution in [0.15, 0.2) is 24.3 Å². The summed E-state index contributed by atoms with van der Waals surface area (Å²) in [7, 11) is 0. The highest BCUT2D eigenvalue weighted by Gasteiger charge is 2.08. The minimum absolute atomic E-state index is 0.834. The Kier molecular flexibility index (Phi) is 5.00. The van der Waals surface area contributed by atoms with Crippen LogP contribution in [0.5, 0.6) is 0 Å². The van der Waals surface area contributed by atoms with Crippen molar-refractivity contribution in [2.45, 2.75) is 39.8 Å². The van der Waals surface area contributed by atoms with Crippen molar-refractivity contribution in [3.05, 3.63) is 30.0 Å². The van der Waals surface area contributed by atoms with E-state index < -0.39 is 0 Å². The van der Waals surface area contributed by atoms with Crippen LogP contribution in [0.4, 0.5) is 0 Å². The number of rotatable bonds is 6. The Hall–Kier alpha value is -1.79. The molecule has 0 saturated heterocycles. The molecule has 0 radical (unpaired) electrons. The first-order valence-electron chi connectivity index (χ1n) is 6.91. The van der Waals surface area contributed by atoms with Crippen molar-refractivity contribution >= 4 is 10.9 Å². The molecule has 100 valence electrons. The van der Waals surface area contributed by atoms with Gasteiger partial charge in [-0.2, -0.15) is 5.10 Å². The van der Waals surface area contributed by atoms with E-state index in [4.69, 9.17) is 5.10 Å². The van der Waals surface area contributed by atoms with Gasteiger partial charge in [0.2, 0.25) is 0 Å². The SMILES string of the molecule is CC#CCCn1nc(CNCCC)c2ccccc21. The van der Waals surface area contributed by atoms with Crippen molar-refractivity contribution in [1.82, 2.24) is 15.1 Å². The average molecular weight is 255 g/mol. The molecular weight excluding hydrogens is 234 g/mol. The summed E-state index contributed by atoms with van der Waals surface area (Å²) in [6, 6.07) is 8.41. The third kappa shape index (κ3) is 3.36. The van der Waals surface area contributed by atoms with Crippen LogP contribution >= 0.6 is 0 Å². The van der Waals surface area contributed by atoms with Crippen LogP contribution in [0, 0.1) is 11.8 Å². The second-order valence-corrected chi connectivity index (χ2v) is 4.54. The van der Waals surface area contributed by atoms with E-state index in [1.807, 2.05) is 6.92 Å². The lowest BCUT2D eigenvalue weighted by Gasteiger charge is -1.99. The highest BCUT2D eigenvalue weighted by atomic mass is 15.3. The van der Waals surface area contributed by atoms with Crippen LogP contribution < -0.4 is 5.32 Å². The minimum atomic E-state index is 0.834. The summed E-state index contributed by atoms with van der Waals surface area (Å²) in [5, 5.41) is 9.39. The lowest BCUT2D eigenvalue weighted by molar-refractivity contribution is 0.612. The van der Waals surface area contributed by atoms with E-state index >= 15 is 0 Å². The molecule has 0 spiro atoms. The maximum atomic E-state index is 4.72. The quantitative estimate of drug-likeness (QED) is 0.635. The molecule has 3 nitrogen and oxygen atoms in total. The second-order valence-electron chi connectivity index (χ2n) is 4.54. The number of hydrogen-bond acceptors (Lipinski definition) is 2. The lowest BCUT2D eigenvalue weighted by Crippen LogP contribution is -2.14. The van der Waals surface area contributed by atoms with E-state index in [0.29, 0.717) is 0 Å². The molecule has 0 atom stereocenters. The van der Waals surface area contributed by atoms with Gasteiger partial charge in [0.05, 0.1) is 17.8 Å². The largest absolute Gasteiger partial charge is 0.311 e. The van der Waals surface area contributed by atoms with Gasteiger partial charge in [0.1, 0.15) is 0 Å². The van der Waals surface area contributed by atoms with Crippen molar-refractivity contribution < 1.29 is 0 Å². The Balaban J connectivity index is 2.22. The van der Waals surface area contributed by atoms with Gasteiger partial charge in [0, 0.05) is 18.4 Å². The summed E-state index contributed by atoms with van der Waals surface area (Å²) in [5.74, 6) is 6.03. The van der Waals surface area contributed by atoms with Crippen LogP contribution in [-0.4, -0.2) is 16.3 Å². The molecule has 0 bridgehead atoms. The molecule has 19 heavy (non-hydrogen) atoms. The Morgan fingerprint density at radius 2 is 2.16 bits per heavy atom. The van der Waals surface area contributed by atoms with Gasteiger partial charge in [-0.3, -0.25) is 4.68 Å². The molecule has 1 aromatic carbocycles. The van der Waals surface area contributed by atoms with Crippen molar-refractivity contribution in [2.24, 2.45) is 0 Å². The molecule has 0 unspecified atom stereocenters. The van der Waals surface area contributed by atoms with Crippen LogP contribution in [0.3, 0.4) is 0 Å². The molecule has 1 aromatic heterocycles. The van der Waals surface area contributed by atoms with E-state index in [1.165, 1.54) is 10.9 Å². The predicted octanol–water partition coefficient (Wildman–Crippen LogP) is 2.95. The van der Waals surface area contributed by atoms with Gasteiger partial charge in [-0.15, -0.1) is 11.8 Å². The molecule has 0 aliphatic carbocycles. The number of aromatic nitrogens is 2. The fraction of sp³-hybridized carbons (Fsp3) is 0.438. The van der Waals surface area contributed by atoms with E-state index in [0.717, 1.165) is 38.2 Å². The smallest absolute Gasteiger partial charge is 0.0841 e. The van der Waals surface area contributed by atoms with Gasteiger partial charge in [-0.25, -0.2) is 0 Å². The second kappa shape index (κ2) is 6.96. The van der Waals surface area contributed by atoms with Crippen LogP contribution in [0.1, 0.15) is 32.4 Å². The normalized spacial score (nSPS) is 10.4. The number of nitrogens with zero attached hydrogens (tertiary/aromatic N) is 2. The Bertz CT molecular complexity index is 587. The maximum absolute atomic E-state index is 4.72. The van der Waals surface area contributed by atoms with Crippen LogP contribution in [-0.2, 0) is 13.1 Å². The minimum Gasteiger partial charge on any atom is -0.311 e. The fourth-order valence-electron chi connectivity index (χ4n) is 2.17. The molecule has 0 aliphatic heterocycles. The predicted molar refractivity (Wildman–Crippen MR) is 79.8 cm³/mol. The van der Waals surface area contributed by atoms with Crippen LogP contribution in [0.25, 0.3) is 10.9 Å². The van der Waals surface area contributed by atoms with Gasteiger partial charge in [-0.1, -0.05) is 25.1 Å². The average Bonchev–Trinajstić information content (AvgIpc) is 2.79. The Morgan fingerprint density at radius 1 is 1.32 bits per heavy atom. The Labute approximate surface area is 115 Å². The topological polar surface area (TPSA) is 29.9 Å². The number of hydrogen-bond donors (Lipinski definition) is 1. The number of fused-ring (bicyclic) bond motifs is 1. The van der Waals surface area contributed by atoms with Gasteiger partial charge in [0.25, 0.3) is 0 Å². The molecule has 0 fully saturated rings. The molecular formula is C16H21N3.